The Morgan fingerprint density at radius 2 is 1.93 bits per heavy atom. The summed E-state index contributed by atoms with van der Waals surface area (Å²) in [5.74, 6) is -1.74. The Hall–Kier alpha value is -2.11. The van der Waals surface area contributed by atoms with E-state index in [0.29, 0.717) is 5.17 Å². The third-order valence-electron chi connectivity index (χ3n) is 4.38. The number of carbonyl (C=O) groups excluding carboxylic acids is 1. The number of carboxylic acid groups (broad SMARTS) is 1. The van der Waals surface area contributed by atoms with Crippen LogP contribution in [0.4, 0.5) is 11.4 Å². The summed E-state index contributed by atoms with van der Waals surface area (Å²) in [6.45, 7) is -1.03. The van der Waals surface area contributed by atoms with Crippen LogP contribution in [-0.2, 0) is 24.2 Å². The highest BCUT2D eigenvalue weighted by molar-refractivity contribution is 8.16. The van der Waals surface area contributed by atoms with E-state index in [-0.39, 0.29) is 22.8 Å². The summed E-state index contributed by atoms with van der Waals surface area (Å²) in [7, 11) is 0.695. The molecule has 0 spiro atoms. The maximum Gasteiger partial charge on any atom is 0.329 e. The minimum absolute atomic E-state index is 0.00280. The normalized spacial score (nSPS) is 24.4. The number of sulfone groups is 1. The van der Waals surface area contributed by atoms with Crippen LogP contribution in [0.1, 0.15) is 0 Å². The van der Waals surface area contributed by atoms with Gasteiger partial charge < -0.3 is 19.6 Å². The first kappa shape index (κ1) is 20.6. The van der Waals surface area contributed by atoms with Crippen LogP contribution in [0.3, 0.4) is 0 Å². The van der Waals surface area contributed by atoms with Crippen molar-refractivity contribution in [1.29, 1.82) is 0 Å². The van der Waals surface area contributed by atoms with Gasteiger partial charge in [-0.3, -0.25) is 4.79 Å². The first-order valence-corrected chi connectivity index (χ1v) is 11.2. The van der Waals surface area contributed by atoms with E-state index >= 15 is 0 Å². The molecule has 0 unspecified atom stereocenters. The smallest absolute Gasteiger partial charge is 0.329 e. The van der Waals surface area contributed by atoms with E-state index in [1.54, 1.807) is 4.90 Å². The number of hydrogen-bond acceptors (Lipinski definition) is 7. The fourth-order valence-corrected chi connectivity index (χ4v) is 7.07. The molecule has 1 aromatic rings. The largest absolute Gasteiger partial charge is 0.480 e. The van der Waals surface area contributed by atoms with E-state index in [9.17, 15) is 18.0 Å². The molecule has 2 aliphatic heterocycles. The molecule has 2 atom stereocenters. The number of amides is 1. The molecular weight excluding hydrogens is 406 g/mol. The second kappa shape index (κ2) is 8.10. The van der Waals surface area contributed by atoms with Crippen LogP contribution in [0.5, 0.6) is 0 Å². The molecule has 3 rings (SSSR count). The van der Waals surface area contributed by atoms with Gasteiger partial charge in [-0.05, 0) is 24.3 Å². The summed E-state index contributed by atoms with van der Waals surface area (Å²) in [6.07, 6.45) is 0. The van der Waals surface area contributed by atoms with Gasteiger partial charge in [0.15, 0.2) is 15.0 Å². The third kappa shape index (κ3) is 4.65. The number of aliphatic carboxylic acids is 1. The Kier molecular flexibility index (Phi) is 5.96. The van der Waals surface area contributed by atoms with E-state index in [1.807, 2.05) is 43.3 Å². The summed E-state index contributed by atoms with van der Waals surface area (Å²) in [5, 5.41) is 8.78. The fraction of sp³-hybridized carbons (Fsp3) is 0.471. The molecule has 2 fully saturated rings. The summed E-state index contributed by atoms with van der Waals surface area (Å²) >= 11 is 1.26. The molecule has 0 saturated carbocycles. The summed E-state index contributed by atoms with van der Waals surface area (Å²) in [5.41, 5.74) is 1.74. The monoisotopic (exact) mass is 427 g/mol. The Morgan fingerprint density at radius 3 is 2.54 bits per heavy atom. The number of hydrogen-bond donors (Lipinski definition) is 1. The molecule has 0 aromatic heterocycles. The highest BCUT2D eigenvalue weighted by Crippen LogP contribution is 2.41. The third-order valence-corrected chi connectivity index (χ3v) is 7.59. The van der Waals surface area contributed by atoms with Gasteiger partial charge in [-0.1, -0.05) is 11.8 Å². The van der Waals surface area contributed by atoms with Crippen LogP contribution in [0.25, 0.3) is 0 Å². The Bertz CT molecular complexity index is 898. The molecule has 2 aliphatic rings. The second-order valence-electron chi connectivity index (χ2n) is 6.76. The number of carbonyl (C=O) groups is 2. The molecule has 1 amide bonds. The fourth-order valence-electron chi connectivity index (χ4n) is 3.14. The van der Waals surface area contributed by atoms with Gasteiger partial charge in [-0.25, -0.2) is 13.2 Å². The molecule has 2 saturated heterocycles. The van der Waals surface area contributed by atoms with Crippen LogP contribution in [0.2, 0.25) is 0 Å². The van der Waals surface area contributed by atoms with Crippen molar-refractivity contribution in [2.75, 3.05) is 48.6 Å². The number of ether oxygens (including phenoxy) is 1. The Labute approximate surface area is 167 Å². The average molecular weight is 428 g/mol. The van der Waals surface area contributed by atoms with Crippen molar-refractivity contribution in [3.8, 4) is 0 Å². The van der Waals surface area contributed by atoms with Crippen molar-refractivity contribution >= 4 is 50.0 Å². The van der Waals surface area contributed by atoms with Crippen LogP contribution in [-0.4, -0.2) is 80.7 Å². The minimum atomic E-state index is -3.14. The second-order valence-corrected chi connectivity index (χ2v) is 10.1. The molecule has 1 N–H and O–H groups in total. The number of fused-ring (bicyclic) bond motifs is 1. The van der Waals surface area contributed by atoms with Gasteiger partial charge in [0.1, 0.15) is 13.2 Å². The Morgan fingerprint density at radius 1 is 1.25 bits per heavy atom. The molecule has 11 heteroatoms. The van der Waals surface area contributed by atoms with Crippen LogP contribution in [0.15, 0.2) is 29.3 Å². The summed E-state index contributed by atoms with van der Waals surface area (Å²) < 4.78 is 28.9. The first-order valence-electron chi connectivity index (χ1n) is 8.51. The standard InChI is InChI=1S/C17H21N3O6S2/c1-19(2)11-3-5-12(6-4-11)20-13-9-28(24,25)10-14(13)27-17(20)18-15(21)7-26-8-16(22)23/h3-6,13-14H,7-10H2,1-2H3,(H,22,23)/t13-,14-/m1/s1. The first-order chi connectivity index (χ1) is 13.2. The number of amidine groups is 1. The summed E-state index contributed by atoms with van der Waals surface area (Å²) in [4.78, 5) is 30.4. The maximum atomic E-state index is 12.1. The summed E-state index contributed by atoms with van der Waals surface area (Å²) in [6, 6.07) is 7.25. The van der Waals surface area contributed by atoms with Crippen molar-refractivity contribution in [2.24, 2.45) is 4.99 Å². The molecular formula is C17H21N3O6S2. The van der Waals surface area contributed by atoms with E-state index < -0.39 is 34.9 Å². The van der Waals surface area contributed by atoms with Gasteiger partial charge in [0.25, 0.3) is 5.91 Å². The topological polar surface area (TPSA) is 117 Å². The molecule has 0 radical (unpaired) electrons. The molecule has 0 bridgehead atoms. The average Bonchev–Trinajstić information content (AvgIpc) is 3.05. The number of aliphatic imine (C=N–C) groups is 1. The van der Waals surface area contributed by atoms with E-state index in [2.05, 4.69) is 4.99 Å². The molecule has 2 heterocycles. The quantitative estimate of drug-likeness (QED) is 0.691. The van der Waals surface area contributed by atoms with Gasteiger partial charge >= 0.3 is 5.97 Å². The van der Waals surface area contributed by atoms with E-state index in [1.165, 1.54) is 11.8 Å². The zero-order chi connectivity index (χ0) is 20.5. The predicted molar refractivity (Wildman–Crippen MR) is 108 cm³/mol. The molecule has 1 aromatic carbocycles. The number of thioether (sulfide) groups is 1. The Balaban J connectivity index is 1.85. The predicted octanol–water partition coefficient (Wildman–Crippen LogP) is 0.455. The lowest BCUT2D eigenvalue weighted by Gasteiger charge is -2.25. The van der Waals surface area contributed by atoms with Gasteiger partial charge in [-0.15, -0.1) is 0 Å². The zero-order valence-electron chi connectivity index (χ0n) is 15.4. The SMILES string of the molecule is CN(C)c1ccc(N2C(=NC(=O)COCC(=O)O)S[C@@H]3CS(=O)(=O)C[C@H]32)cc1. The van der Waals surface area contributed by atoms with Crippen LogP contribution in [0, 0.1) is 0 Å². The van der Waals surface area contributed by atoms with Gasteiger partial charge in [-0.2, -0.15) is 4.99 Å². The van der Waals surface area contributed by atoms with Crippen molar-refractivity contribution in [1.82, 2.24) is 0 Å². The van der Waals surface area contributed by atoms with Crippen molar-refractivity contribution < 1.29 is 27.9 Å². The van der Waals surface area contributed by atoms with E-state index in [0.717, 1.165) is 11.4 Å². The lowest BCUT2D eigenvalue weighted by Crippen LogP contribution is -2.37. The maximum absolute atomic E-state index is 12.1. The van der Waals surface area contributed by atoms with Gasteiger partial charge in [0.2, 0.25) is 0 Å². The highest BCUT2D eigenvalue weighted by atomic mass is 32.2. The molecule has 0 aliphatic carbocycles. The highest BCUT2D eigenvalue weighted by Gasteiger charge is 2.49. The lowest BCUT2D eigenvalue weighted by atomic mass is 10.2. The van der Waals surface area contributed by atoms with E-state index in [4.69, 9.17) is 9.84 Å². The number of rotatable bonds is 6. The lowest BCUT2D eigenvalue weighted by molar-refractivity contribution is -0.143. The zero-order valence-corrected chi connectivity index (χ0v) is 17.1. The number of benzene rings is 1. The minimum Gasteiger partial charge on any atom is -0.480 e. The number of nitrogens with zero attached hydrogens (tertiary/aromatic N) is 3. The van der Waals surface area contributed by atoms with Crippen LogP contribution < -0.4 is 9.80 Å². The number of anilines is 2. The molecule has 9 nitrogen and oxygen atoms in total. The van der Waals surface area contributed by atoms with Crippen LogP contribution >= 0.6 is 11.8 Å². The number of carboxylic acids is 1. The molecule has 152 valence electrons. The van der Waals surface area contributed by atoms with Gasteiger partial charge in [0.05, 0.1) is 17.5 Å². The van der Waals surface area contributed by atoms with Crippen molar-refractivity contribution in [3.05, 3.63) is 24.3 Å². The molecule has 28 heavy (non-hydrogen) atoms. The van der Waals surface area contributed by atoms with Crippen molar-refractivity contribution in [2.45, 2.75) is 11.3 Å². The van der Waals surface area contributed by atoms with Gasteiger partial charge in [0, 0.05) is 30.7 Å². The van der Waals surface area contributed by atoms with Crippen molar-refractivity contribution in [3.63, 3.8) is 0 Å².